The van der Waals surface area contributed by atoms with Crippen LogP contribution in [0.1, 0.15) is 91.5 Å². The number of hydrogen-bond donors (Lipinski definition) is 5. The molecule has 0 aromatic heterocycles. The molecule has 0 unspecified atom stereocenters. The first-order valence-corrected chi connectivity index (χ1v) is 7.12. The number of Topliss-reactive ketones (excluding diaryl/α,β-unsaturated/α-hetero) is 1. The maximum Gasteiger partial charge on any atom is 0.126 e. The van der Waals surface area contributed by atoms with Crippen LogP contribution >= 0.6 is 0 Å². The summed E-state index contributed by atoms with van der Waals surface area (Å²) in [4.78, 5) is 13.4. The van der Waals surface area contributed by atoms with Gasteiger partial charge in [-0.05, 0) is 69.2 Å². The van der Waals surface area contributed by atoms with Gasteiger partial charge in [0, 0.05) is 20.3 Å². The molecule has 0 aliphatic heterocycles. The highest BCUT2D eigenvalue weighted by Gasteiger charge is 2.07. The van der Waals surface area contributed by atoms with Crippen LogP contribution in [0.25, 0.3) is 0 Å². The molecule has 180 valence electrons. The van der Waals surface area contributed by atoms with Crippen molar-refractivity contribution in [1.29, 1.82) is 0 Å². The van der Waals surface area contributed by atoms with E-state index in [1.54, 1.807) is 55.4 Å². The van der Waals surface area contributed by atoms with Crippen LogP contribution in [0.2, 0.25) is 0 Å². The molecule has 0 saturated carbocycles. The van der Waals surface area contributed by atoms with E-state index >= 15 is 0 Å². The predicted octanol–water partition coefficient (Wildman–Crippen LogP) is 3.33. The fourth-order valence-electron chi connectivity index (χ4n) is 0. The Morgan fingerprint density at radius 3 is 0.852 bits per heavy atom. The Morgan fingerprint density at radius 1 is 0.815 bits per heavy atom. The van der Waals surface area contributed by atoms with E-state index in [0.717, 1.165) is 14.2 Å². The number of ketones is 1. The predicted molar refractivity (Wildman–Crippen MR) is 119 cm³/mol. The largest absolute Gasteiger partial charge is 0.412 e. The zero-order valence-electron chi connectivity index (χ0n) is 17.6. The van der Waals surface area contributed by atoms with E-state index in [1.807, 2.05) is 0 Å². The van der Waals surface area contributed by atoms with Crippen LogP contribution in [0.15, 0.2) is 0 Å². The van der Waals surface area contributed by atoms with Gasteiger partial charge in [0.15, 0.2) is 0 Å². The Bertz CT molecular complexity index is 182. The molecule has 7 N–H and O–H groups in total. The first-order valence-electron chi connectivity index (χ1n) is 7.12. The van der Waals surface area contributed by atoms with E-state index in [2.05, 4.69) is 4.89 Å². The van der Waals surface area contributed by atoms with Crippen molar-refractivity contribution in [2.45, 2.75) is 109 Å². The lowest BCUT2D eigenvalue weighted by molar-refractivity contribution is -0.306. The standard InChI is InChI=1S/C4H10O2.C4H10O.C3H8O.C3H6O.2CH4O.3CH4.H2O/c1-4(2,3)6-5;1-4(2,3)5;2*1-3(2)4;2*1-2;;;;/h5H,1-3H3;5H,1-3H3;3-4H,1-2H3;1-2H3;2*2H,1H3;3*1H4;1H2. The van der Waals surface area contributed by atoms with Gasteiger partial charge >= 0.3 is 0 Å². The van der Waals surface area contributed by atoms with Crippen LogP contribution in [0.4, 0.5) is 0 Å². The van der Waals surface area contributed by atoms with Crippen molar-refractivity contribution in [3.63, 3.8) is 0 Å². The highest BCUT2D eigenvalue weighted by molar-refractivity contribution is 5.72. The van der Waals surface area contributed by atoms with Gasteiger partial charge in [-0.25, -0.2) is 4.89 Å². The Hall–Kier alpha value is -0.610. The van der Waals surface area contributed by atoms with Gasteiger partial charge in [-0.15, -0.1) is 0 Å². The van der Waals surface area contributed by atoms with Gasteiger partial charge in [-0.1, -0.05) is 22.3 Å². The summed E-state index contributed by atoms with van der Waals surface area (Å²) in [7, 11) is 2.00. The van der Waals surface area contributed by atoms with Crippen LogP contribution in [-0.4, -0.2) is 68.5 Å². The summed E-state index contributed by atoms with van der Waals surface area (Å²) in [5.74, 6) is 0.167. The molecule has 8 heteroatoms. The van der Waals surface area contributed by atoms with Crippen molar-refractivity contribution in [3.8, 4) is 0 Å². The molecule has 0 saturated heterocycles. The Balaban J connectivity index is -0.0000000162. The Kier molecular flexibility index (Phi) is 105. The average molecular weight is 413 g/mol. The number of carbonyl (C=O) groups excluding carboxylic acids is 1. The molecule has 0 rings (SSSR count). The summed E-state index contributed by atoms with van der Waals surface area (Å²) in [6.07, 6.45) is -0.167. The molecule has 0 fully saturated rings. The van der Waals surface area contributed by atoms with Gasteiger partial charge in [0.25, 0.3) is 0 Å². The van der Waals surface area contributed by atoms with E-state index in [-0.39, 0.29) is 39.6 Å². The van der Waals surface area contributed by atoms with Crippen molar-refractivity contribution in [2.75, 3.05) is 14.2 Å². The van der Waals surface area contributed by atoms with Crippen molar-refractivity contribution >= 4 is 5.78 Å². The third-order valence-corrected chi connectivity index (χ3v) is 0.274. The monoisotopic (exact) mass is 412 g/mol. The summed E-state index contributed by atoms with van der Waals surface area (Å²) in [5.41, 5.74) is -0.903. The number of aliphatic hydroxyl groups excluding tert-OH is 3. The Morgan fingerprint density at radius 2 is 0.852 bits per heavy atom. The molecule has 0 spiro atoms. The third-order valence-electron chi connectivity index (χ3n) is 0.274. The molecule has 0 heterocycles. The lowest BCUT2D eigenvalue weighted by Crippen LogP contribution is -2.15. The number of aliphatic hydroxyl groups is 4. The molecule has 0 aliphatic rings. The minimum absolute atomic E-state index is 0. The van der Waals surface area contributed by atoms with Gasteiger partial charge in [0.1, 0.15) is 5.78 Å². The Labute approximate surface area is 170 Å². The number of carbonyl (C=O) groups is 1. The molecular weight excluding hydrogens is 356 g/mol. The first kappa shape index (κ1) is 63.3. The quantitative estimate of drug-likeness (QED) is 0.301. The van der Waals surface area contributed by atoms with Gasteiger partial charge in [0.2, 0.25) is 0 Å². The number of hydrogen-bond acceptors (Lipinski definition) is 7. The smallest absolute Gasteiger partial charge is 0.126 e. The second kappa shape index (κ2) is 44.7. The lowest BCUT2D eigenvalue weighted by atomic mass is 10.2. The van der Waals surface area contributed by atoms with E-state index in [4.69, 9.17) is 25.7 Å². The zero-order chi connectivity index (χ0) is 20.9. The van der Waals surface area contributed by atoms with Gasteiger partial charge < -0.3 is 30.7 Å². The minimum atomic E-state index is -0.500. The van der Waals surface area contributed by atoms with Crippen molar-refractivity contribution < 1.29 is 40.8 Å². The molecule has 0 amide bonds. The van der Waals surface area contributed by atoms with Crippen molar-refractivity contribution in [3.05, 3.63) is 0 Å². The third kappa shape index (κ3) is 2430. The normalized spacial score (nSPS) is 7.63. The molecule has 0 aromatic rings. The fourth-order valence-corrected chi connectivity index (χ4v) is 0. The van der Waals surface area contributed by atoms with Crippen LogP contribution in [0.3, 0.4) is 0 Å². The molecule has 27 heavy (non-hydrogen) atoms. The lowest BCUT2D eigenvalue weighted by Gasteiger charge is -2.10. The zero-order valence-corrected chi connectivity index (χ0v) is 17.6. The van der Waals surface area contributed by atoms with E-state index in [9.17, 15) is 4.79 Å². The molecule has 0 radical (unpaired) electrons. The van der Waals surface area contributed by atoms with Gasteiger partial charge in [-0.2, -0.15) is 0 Å². The average Bonchev–Trinajstić information content (AvgIpc) is 2.29. The summed E-state index contributed by atoms with van der Waals surface area (Å²) >= 11 is 0. The van der Waals surface area contributed by atoms with Crippen LogP contribution in [-0.2, 0) is 9.68 Å². The molecular formula is C19H56O8. The molecule has 0 bridgehead atoms. The SMILES string of the molecule is C.C.C.CC(C)(C)O.CC(C)(C)OO.CC(C)=O.CC(C)O.CO.CO.O. The van der Waals surface area contributed by atoms with Crippen LogP contribution in [0.5, 0.6) is 0 Å². The molecule has 0 aliphatic carbocycles. The highest BCUT2D eigenvalue weighted by atomic mass is 17.1. The topological polar surface area (TPSA) is 159 Å². The van der Waals surface area contributed by atoms with Crippen LogP contribution < -0.4 is 0 Å². The van der Waals surface area contributed by atoms with Gasteiger partial charge in [-0.3, -0.25) is 5.26 Å². The molecule has 8 nitrogen and oxygen atoms in total. The van der Waals surface area contributed by atoms with Gasteiger partial charge in [0.05, 0.1) is 11.2 Å². The second-order valence-corrected chi connectivity index (χ2v) is 6.38. The molecule has 0 aromatic carbocycles. The number of rotatable bonds is 0. The van der Waals surface area contributed by atoms with E-state index in [1.165, 1.54) is 13.8 Å². The van der Waals surface area contributed by atoms with E-state index < -0.39 is 11.2 Å². The second-order valence-electron chi connectivity index (χ2n) is 6.38. The fraction of sp³-hybridized carbons (Fsp3) is 0.947. The van der Waals surface area contributed by atoms with Crippen molar-refractivity contribution in [1.82, 2.24) is 0 Å². The maximum atomic E-state index is 9.44. The van der Waals surface area contributed by atoms with Crippen LogP contribution in [0, 0.1) is 0 Å². The van der Waals surface area contributed by atoms with Crippen molar-refractivity contribution in [2.24, 2.45) is 0 Å². The summed E-state index contributed by atoms with van der Waals surface area (Å²) in [6.45, 7) is 17.0. The summed E-state index contributed by atoms with van der Waals surface area (Å²) in [6, 6.07) is 0. The maximum absolute atomic E-state index is 9.44. The summed E-state index contributed by atoms with van der Waals surface area (Å²) < 4.78 is 0. The highest BCUT2D eigenvalue weighted by Crippen LogP contribution is 2.01. The van der Waals surface area contributed by atoms with E-state index in [0.29, 0.717) is 0 Å². The molecule has 0 atom stereocenters. The first-order chi connectivity index (χ1) is 10.0. The summed E-state index contributed by atoms with van der Waals surface area (Å²) in [5, 5.41) is 38.5. The minimum Gasteiger partial charge on any atom is -0.412 e.